The van der Waals surface area contributed by atoms with E-state index in [0.717, 1.165) is 23.7 Å². The van der Waals surface area contributed by atoms with E-state index >= 15 is 0 Å². The van der Waals surface area contributed by atoms with Crippen molar-refractivity contribution in [3.63, 3.8) is 0 Å². The molecule has 0 amide bonds. The van der Waals surface area contributed by atoms with Crippen molar-refractivity contribution in [3.8, 4) is 5.75 Å². The molecule has 0 fully saturated rings. The summed E-state index contributed by atoms with van der Waals surface area (Å²) in [6, 6.07) is 8.65. The number of aliphatic imine (C=N–C) groups is 1. The van der Waals surface area contributed by atoms with Crippen molar-refractivity contribution in [2.45, 2.75) is 39.3 Å². The zero-order valence-electron chi connectivity index (χ0n) is 15.9. The Bertz CT molecular complexity index is 773. The van der Waals surface area contributed by atoms with Crippen LogP contribution in [0.25, 0.3) is 0 Å². The molecule has 0 spiro atoms. The standard InChI is InChI=1S/C19H24F3N3O3/c1-4-23-18(25-13(3)17-10-5-12(2)27-17)24-11-16(26)14-6-8-15(9-7-14)28-19(20,21)22/h5-10,13,16,26H,4,11H2,1-3H3,(H2,23,24,25). The first kappa shape index (κ1) is 21.6. The zero-order valence-corrected chi connectivity index (χ0v) is 15.9. The van der Waals surface area contributed by atoms with Gasteiger partial charge in [-0.25, -0.2) is 0 Å². The number of aryl methyl sites for hydroxylation is 1. The highest BCUT2D eigenvalue weighted by molar-refractivity contribution is 5.80. The summed E-state index contributed by atoms with van der Waals surface area (Å²) in [4.78, 5) is 4.34. The van der Waals surface area contributed by atoms with Crippen LogP contribution in [-0.4, -0.2) is 30.5 Å². The summed E-state index contributed by atoms with van der Waals surface area (Å²) in [7, 11) is 0. The zero-order chi connectivity index (χ0) is 20.7. The molecular formula is C19H24F3N3O3. The normalized spacial score (nSPS) is 14.5. The number of guanidine groups is 1. The van der Waals surface area contributed by atoms with Gasteiger partial charge < -0.3 is 24.9 Å². The van der Waals surface area contributed by atoms with Gasteiger partial charge in [0, 0.05) is 6.54 Å². The van der Waals surface area contributed by atoms with Gasteiger partial charge in [-0.2, -0.15) is 0 Å². The second kappa shape index (κ2) is 9.50. The van der Waals surface area contributed by atoms with Gasteiger partial charge in [0.2, 0.25) is 0 Å². The molecule has 2 rings (SSSR count). The first-order valence-corrected chi connectivity index (χ1v) is 8.83. The van der Waals surface area contributed by atoms with Crippen LogP contribution < -0.4 is 15.4 Å². The molecule has 1 aromatic heterocycles. The molecule has 28 heavy (non-hydrogen) atoms. The van der Waals surface area contributed by atoms with Crippen LogP contribution in [0.4, 0.5) is 13.2 Å². The second-order valence-electron chi connectivity index (χ2n) is 6.17. The Morgan fingerprint density at radius 2 is 1.89 bits per heavy atom. The molecule has 6 nitrogen and oxygen atoms in total. The van der Waals surface area contributed by atoms with Crippen LogP contribution in [0.5, 0.6) is 5.75 Å². The Balaban J connectivity index is 1.99. The molecule has 3 N–H and O–H groups in total. The number of ether oxygens (including phenoxy) is 1. The first-order chi connectivity index (χ1) is 13.2. The lowest BCUT2D eigenvalue weighted by molar-refractivity contribution is -0.274. The molecule has 2 aromatic rings. The lowest BCUT2D eigenvalue weighted by Crippen LogP contribution is -2.39. The van der Waals surface area contributed by atoms with Gasteiger partial charge in [-0.15, -0.1) is 13.2 Å². The summed E-state index contributed by atoms with van der Waals surface area (Å²) < 4.78 is 46.0. The average molecular weight is 399 g/mol. The number of nitrogens with one attached hydrogen (secondary N) is 2. The lowest BCUT2D eigenvalue weighted by atomic mass is 10.1. The number of aliphatic hydroxyl groups is 1. The van der Waals surface area contributed by atoms with Gasteiger partial charge in [-0.3, -0.25) is 4.99 Å². The topological polar surface area (TPSA) is 79.0 Å². The molecule has 1 aromatic carbocycles. The Hall–Kier alpha value is -2.68. The van der Waals surface area contributed by atoms with Crippen LogP contribution in [0.1, 0.15) is 43.1 Å². The van der Waals surface area contributed by atoms with Crippen molar-refractivity contribution in [1.29, 1.82) is 0 Å². The number of furan rings is 1. The summed E-state index contributed by atoms with van der Waals surface area (Å²) in [6.45, 7) is 6.33. The fourth-order valence-electron chi connectivity index (χ4n) is 2.46. The van der Waals surface area contributed by atoms with E-state index in [0.29, 0.717) is 18.1 Å². The summed E-state index contributed by atoms with van der Waals surface area (Å²) in [5, 5.41) is 16.5. The number of hydrogen-bond acceptors (Lipinski definition) is 4. The maximum absolute atomic E-state index is 12.2. The molecule has 154 valence electrons. The third kappa shape index (κ3) is 6.80. The minimum absolute atomic E-state index is 0.0265. The highest BCUT2D eigenvalue weighted by Crippen LogP contribution is 2.24. The Kier molecular flexibility index (Phi) is 7.33. The molecule has 2 atom stereocenters. The number of benzene rings is 1. The third-order valence-electron chi connectivity index (χ3n) is 3.81. The first-order valence-electron chi connectivity index (χ1n) is 8.83. The summed E-state index contributed by atoms with van der Waals surface area (Å²) >= 11 is 0. The van der Waals surface area contributed by atoms with Crippen molar-refractivity contribution >= 4 is 5.96 Å². The molecule has 0 saturated carbocycles. The van der Waals surface area contributed by atoms with Crippen LogP contribution in [0.3, 0.4) is 0 Å². The minimum Gasteiger partial charge on any atom is -0.464 e. The van der Waals surface area contributed by atoms with E-state index in [1.807, 2.05) is 32.9 Å². The van der Waals surface area contributed by atoms with Gasteiger partial charge in [-0.05, 0) is 50.6 Å². The van der Waals surface area contributed by atoms with Gasteiger partial charge in [0.1, 0.15) is 17.3 Å². The number of halogens is 3. The molecule has 1 heterocycles. The fourth-order valence-corrected chi connectivity index (χ4v) is 2.46. The molecule has 0 radical (unpaired) electrons. The smallest absolute Gasteiger partial charge is 0.464 e. The van der Waals surface area contributed by atoms with E-state index in [-0.39, 0.29) is 18.3 Å². The van der Waals surface area contributed by atoms with E-state index in [4.69, 9.17) is 4.42 Å². The van der Waals surface area contributed by atoms with Gasteiger partial charge in [0.25, 0.3) is 0 Å². The minimum atomic E-state index is -4.75. The van der Waals surface area contributed by atoms with Gasteiger partial charge in [0.15, 0.2) is 5.96 Å². The largest absolute Gasteiger partial charge is 0.573 e. The van der Waals surface area contributed by atoms with E-state index in [1.165, 1.54) is 12.1 Å². The van der Waals surface area contributed by atoms with Crippen molar-refractivity contribution < 1.29 is 27.4 Å². The maximum atomic E-state index is 12.2. The molecule has 9 heteroatoms. The van der Waals surface area contributed by atoms with Crippen molar-refractivity contribution in [1.82, 2.24) is 10.6 Å². The van der Waals surface area contributed by atoms with Crippen molar-refractivity contribution in [3.05, 3.63) is 53.5 Å². The SMILES string of the molecule is CCNC(=NCC(O)c1ccc(OC(F)(F)F)cc1)NC(C)c1ccc(C)o1. The van der Waals surface area contributed by atoms with E-state index < -0.39 is 12.5 Å². The molecule has 0 saturated heterocycles. The molecule has 0 aliphatic heterocycles. The van der Waals surface area contributed by atoms with Gasteiger partial charge in [-0.1, -0.05) is 12.1 Å². The van der Waals surface area contributed by atoms with Crippen LogP contribution in [0.15, 0.2) is 45.8 Å². The average Bonchev–Trinajstić information content (AvgIpc) is 3.05. The Morgan fingerprint density at radius 3 is 2.43 bits per heavy atom. The molecular weight excluding hydrogens is 375 g/mol. The van der Waals surface area contributed by atoms with Crippen LogP contribution in [-0.2, 0) is 0 Å². The van der Waals surface area contributed by atoms with E-state index in [2.05, 4.69) is 20.4 Å². The monoisotopic (exact) mass is 399 g/mol. The highest BCUT2D eigenvalue weighted by atomic mass is 19.4. The Morgan fingerprint density at radius 1 is 1.21 bits per heavy atom. The molecule has 0 bridgehead atoms. The molecule has 0 aliphatic carbocycles. The number of alkyl halides is 3. The van der Waals surface area contributed by atoms with E-state index in [1.54, 1.807) is 0 Å². The van der Waals surface area contributed by atoms with Crippen molar-refractivity contribution in [2.24, 2.45) is 4.99 Å². The molecule has 0 aliphatic rings. The summed E-state index contributed by atoms with van der Waals surface area (Å²) in [5.74, 6) is 1.70. The van der Waals surface area contributed by atoms with Crippen LogP contribution >= 0.6 is 0 Å². The number of nitrogens with zero attached hydrogens (tertiary/aromatic N) is 1. The maximum Gasteiger partial charge on any atom is 0.573 e. The predicted octanol–water partition coefficient (Wildman–Crippen LogP) is 3.84. The number of rotatable bonds is 7. The number of hydrogen-bond donors (Lipinski definition) is 3. The number of aliphatic hydroxyl groups excluding tert-OH is 1. The van der Waals surface area contributed by atoms with Gasteiger partial charge >= 0.3 is 6.36 Å². The van der Waals surface area contributed by atoms with Crippen LogP contribution in [0.2, 0.25) is 0 Å². The molecule has 2 unspecified atom stereocenters. The fraction of sp³-hybridized carbons (Fsp3) is 0.421. The predicted molar refractivity (Wildman–Crippen MR) is 99.1 cm³/mol. The summed E-state index contributed by atoms with van der Waals surface area (Å²) in [6.07, 6.45) is -5.73. The van der Waals surface area contributed by atoms with Crippen molar-refractivity contribution in [2.75, 3.05) is 13.1 Å². The quantitative estimate of drug-likeness (QED) is 0.487. The van der Waals surface area contributed by atoms with E-state index in [9.17, 15) is 18.3 Å². The second-order valence-corrected chi connectivity index (χ2v) is 6.17. The van der Waals surface area contributed by atoms with Crippen LogP contribution in [0, 0.1) is 6.92 Å². The van der Waals surface area contributed by atoms with Gasteiger partial charge in [0.05, 0.1) is 18.7 Å². The lowest BCUT2D eigenvalue weighted by Gasteiger charge is -2.17. The Labute approximate surface area is 161 Å². The third-order valence-corrected chi connectivity index (χ3v) is 3.81. The highest BCUT2D eigenvalue weighted by Gasteiger charge is 2.31. The summed E-state index contributed by atoms with van der Waals surface area (Å²) in [5.41, 5.74) is 0.434.